The highest BCUT2D eigenvalue weighted by atomic mass is 32.2. The predicted octanol–water partition coefficient (Wildman–Crippen LogP) is 6.92. The Bertz CT molecular complexity index is 1550. The molecule has 1 aliphatic carbocycles. The molecule has 0 atom stereocenters. The number of hydrogen-bond donors (Lipinski definition) is 0. The van der Waals surface area contributed by atoms with Gasteiger partial charge in [-0.1, -0.05) is 49.2 Å². The van der Waals surface area contributed by atoms with Gasteiger partial charge in [-0.05, 0) is 60.7 Å². The molecular weight excluding hydrogens is 501 g/mol. The Kier molecular flexibility index (Phi) is 6.58. The fourth-order valence-electron chi connectivity index (χ4n) is 4.82. The summed E-state index contributed by atoms with van der Waals surface area (Å²) in [5, 5.41) is 0.540. The number of fused-ring (bicyclic) bond motifs is 1. The van der Waals surface area contributed by atoms with Crippen LogP contribution in [0, 0.1) is 5.92 Å². The minimum Gasteiger partial charge on any atom is -0.495 e. The number of ether oxygens (including phenoxy) is 1. The predicted molar refractivity (Wildman–Crippen MR) is 136 cm³/mol. The van der Waals surface area contributed by atoms with Gasteiger partial charge in [0, 0.05) is 11.0 Å². The zero-order chi connectivity index (χ0) is 26.2. The van der Waals surface area contributed by atoms with Gasteiger partial charge < -0.3 is 4.74 Å². The molecule has 0 aliphatic heterocycles. The molecule has 5 nitrogen and oxygen atoms in total. The molecule has 0 amide bonds. The quantitative estimate of drug-likeness (QED) is 0.274. The maximum absolute atomic E-state index is 14.0. The standard InChI is InChI=1S/C28H25F3N2O3S/c1-36-23-16-21-17-26(33(27(21)32-18-23)37(34,35)24-9-3-2-4-10-24)25(15-19-7-5-6-8-19)20-11-13-22(14-12-20)28(29,30)31/h2-4,9-19H,5-8H2,1H3/b25-15+. The average Bonchev–Trinajstić information content (AvgIpc) is 3.55. The maximum Gasteiger partial charge on any atom is 0.416 e. The van der Waals surface area contributed by atoms with Gasteiger partial charge >= 0.3 is 6.18 Å². The lowest BCUT2D eigenvalue weighted by molar-refractivity contribution is -0.137. The Labute approximate surface area is 213 Å². The molecule has 37 heavy (non-hydrogen) atoms. The molecule has 192 valence electrons. The summed E-state index contributed by atoms with van der Waals surface area (Å²) in [4.78, 5) is 4.48. The highest BCUT2D eigenvalue weighted by Crippen LogP contribution is 2.38. The second-order valence-corrected chi connectivity index (χ2v) is 10.9. The highest BCUT2D eigenvalue weighted by molar-refractivity contribution is 7.90. The first-order valence-electron chi connectivity index (χ1n) is 11.9. The van der Waals surface area contributed by atoms with E-state index in [9.17, 15) is 21.6 Å². The van der Waals surface area contributed by atoms with Crippen LogP contribution in [0.2, 0.25) is 0 Å². The Hall–Kier alpha value is -3.59. The number of pyridine rings is 1. The molecule has 5 rings (SSSR count). The molecule has 9 heteroatoms. The Morgan fingerprint density at radius 3 is 2.32 bits per heavy atom. The third-order valence-electron chi connectivity index (χ3n) is 6.69. The number of rotatable bonds is 6. The Morgan fingerprint density at radius 2 is 1.70 bits per heavy atom. The SMILES string of the molecule is COc1cnc2c(c1)cc(/C(=C/C1CCCC1)c1ccc(C(F)(F)F)cc1)n2S(=O)(=O)c1ccccc1. The van der Waals surface area contributed by atoms with Crippen molar-refractivity contribution < 1.29 is 26.3 Å². The van der Waals surface area contributed by atoms with Gasteiger partial charge in [-0.15, -0.1) is 0 Å². The summed E-state index contributed by atoms with van der Waals surface area (Å²) in [6.07, 6.45) is 2.93. The number of allylic oxidation sites excluding steroid dienone is 1. The van der Waals surface area contributed by atoms with Crippen molar-refractivity contribution in [1.29, 1.82) is 0 Å². The largest absolute Gasteiger partial charge is 0.495 e. The first kappa shape index (κ1) is 25.1. The van der Waals surface area contributed by atoms with E-state index >= 15 is 0 Å². The van der Waals surface area contributed by atoms with Crippen molar-refractivity contribution >= 4 is 26.6 Å². The minimum absolute atomic E-state index is 0.0824. The topological polar surface area (TPSA) is 61.2 Å². The summed E-state index contributed by atoms with van der Waals surface area (Å²) in [6, 6.07) is 16.3. The smallest absolute Gasteiger partial charge is 0.416 e. The van der Waals surface area contributed by atoms with E-state index in [-0.39, 0.29) is 16.5 Å². The van der Waals surface area contributed by atoms with Gasteiger partial charge in [0.1, 0.15) is 5.75 Å². The molecule has 0 bridgehead atoms. The van der Waals surface area contributed by atoms with E-state index < -0.39 is 21.8 Å². The number of benzene rings is 2. The molecular formula is C28H25F3N2O3S. The van der Waals surface area contributed by atoms with Crippen LogP contribution in [0.3, 0.4) is 0 Å². The lowest BCUT2D eigenvalue weighted by Crippen LogP contribution is -2.16. The van der Waals surface area contributed by atoms with E-state index in [0.29, 0.717) is 28.0 Å². The second-order valence-electron chi connectivity index (χ2n) is 9.10. The summed E-state index contributed by atoms with van der Waals surface area (Å²) in [7, 11) is -2.60. The van der Waals surface area contributed by atoms with Crippen LogP contribution >= 0.6 is 0 Å². The normalized spacial score (nSPS) is 15.4. The van der Waals surface area contributed by atoms with Crippen molar-refractivity contribution in [1.82, 2.24) is 8.96 Å². The number of alkyl halides is 3. The first-order chi connectivity index (χ1) is 17.7. The number of methoxy groups -OCH3 is 1. The van der Waals surface area contributed by atoms with Crippen LogP contribution in [0.5, 0.6) is 5.75 Å². The summed E-state index contributed by atoms with van der Waals surface area (Å²) < 4.78 is 74.2. The molecule has 1 aliphatic rings. The molecule has 0 radical (unpaired) electrons. The van der Waals surface area contributed by atoms with Crippen LogP contribution in [0.15, 0.2) is 83.9 Å². The Balaban J connectivity index is 1.78. The molecule has 4 aromatic rings. The third-order valence-corrected chi connectivity index (χ3v) is 8.41. The minimum atomic E-state index is -4.47. The fourth-order valence-corrected chi connectivity index (χ4v) is 6.32. The van der Waals surface area contributed by atoms with Crippen LogP contribution in [0.25, 0.3) is 16.6 Å². The van der Waals surface area contributed by atoms with Crippen LogP contribution in [-0.4, -0.2) is 24.5 Å². The van der Waals surface area contributed by atoms with Gasteiger partial charge in [-0.2, -0.15) is 13.2 Å². The van der Waals surface area contributed by atoms with E-state index in [0.717, 1.165) is 37.8 Å². The van der Waals surface area contributed by atoms with Gasteiger partial charge in [-0.25, -0.2) is 17.4 Å². The van der Waals surface area contributed by atoms with Crippen molar-refractivity contribution in [2.75, 3.05) is 7.11 Å². The Morgan fingerprint density at radius 1 is 1.03 bits per heavy atom. The highest BCUT2D eigenvalue weighted by Gasteiger charge is 2.31. The van der Waals surface area contributed by atoms with E-state index in [1.165, 1.54) is 41.5 Å². The second kappa shape index (κ2) is 9.70. The van der Waals surface area contributed by atoms with E-state index in [1.807, 2.05) is 6.08 Å². The number of nitrogens with zero attached hydrogens (tertiary/aromatic N) is 2. The van der Waals surface area contributed by atoms with Gasteiger partial charge in [0.25, 0.3) is 10.0 Å². The van der Waals surface area contributed by atoms with Crippen LogP contribution < -0.4 is 4.74 Å². The first-order valence-corrected chi connectivity index (χ1v) is 13.4. The molecule has 1 fully saturated rings. The molecule has 2 aromatic carbocycles. The number of aromatic nitrogens is 2. The van der Waals surface area contributed by atoms with Crippen LogP contribution in [0.4, 0.5) is 13.2 Å². The number of halogens is 3. The van der Waals surface area contributed by atoms with Crippen LogP contribution in [-0.2, 0) is 16.2 Å². The van der Waals surface area contributed by atoms with Crippen LogP contribution in [0.1, 0.15) is 42.5 Å². The van der Waals surface area contributed by atoms with Crippen molar-refractivity contribution in [3.63, 3.8) is 0 Å². The summed E-state index contributed by atoms with van der Waals surface area (Å²) in [6.45, 7) is 0. The van der Waals surface area contributed by atoms with Crippen molar-refractivity contribution in [3.05, 3.63) is 95.8 Å². The molecule has 2 aromatic heterocycles. The molecule has 0 N–H and O–H groups in total. The summed E-state index contributed by atoms with van der Waals surface area (Å²) >= 11 is 0. The molecule has 1 saturated carbocycles. The molecule has 0 saturated heterocycles. The lowest BCUT2D eigenvalue weighted by atomic mass is 9.95. The van der Waals surface area contributed by atoms with Crippen molar-refractivity contribution in [2.45, 2.75) is 36.8 Å². The average molecular weight is 527 g/mol. The molecule has 0 spiro atoms. The van der Waals surface area contributed by atoms with E-state index in [1.54, 1.807) is 30.3 Å². The fraction of sp³-hybridized carbons (Fsp3) is 0.250. The summed E-state index contributed by atoms with van der Waals surface area (Å²) in [5.74, 6) is 0.648. The van der Waals surface area contributed by atoms with Gasteiger partial charge in [0.2, 0.25) is 0 Å². The van der Waals surface area contributed by atoms with Gasteiger partial charge in [-0.3, -0.25) is 0 Å². The van der Waals surface area contributed by atoms with Crippen molar-refractivity contribution in [2.24, 2.45) is 5.92 Å². The monoisotopic (exact) mass is 526 g/mol. The zero-order valence-corrected chi connectivity index (χ0v) is 20.9. The summed E-state index contributed by atoms with van der Waals surface area (Å²) in [5.41, 5.74) is 0.840. The van der Waals surface area contributed by atoms with Gasteiger partial charge in [0.15, 0.2) is 5.65 Å². The van der Waals surface area contributed by atoms with Gasteiger partial charge in [0.05, 0.1) is 29.5 Å². The maximum atomic E-state index is 14.0. The lowest BCUT2D eigenvalue weighted by Gasteiger charge is -2.16. The molecule has 0 unspecified atom stereocenters. The zero-order valence-electron chi connectivity index (χ0n) is 20.1. The van der Waals surface area contributed by atoms with E-state index in [2.05, 4.69) is 4.98 Å². The third kappa shape index (κ3) is 4.87. The number of hydrogen-bond acceptors (Lipinski definition) is 4. The van der Waals surface area contributed by atoms with Crippen molar-refractivity contribution in [3.8, 4) is 5.75 Å². The molecule has 2 heterocycles. The van der Waals surface area contributed by atoms with E-state index in [4.69, 9.17) is 4.74 Å².